The van der Waals surface area contributed by atoms with E-state index >= 15 is 0 Å². The molecule has 1 unspecified atom stereocenters. The Morgan fingerprint density at radius 3 is 3.14 bits per heavy atom. The fourth-order valence-electron chi connectivity index (χ4n) is 1.59. The summed E-state index contributed by atoms with van der Waals surface area (Å²) in [6.07, 6.45) is 2.71. The average molecular weight is 292 g/mol. The highest BCUT2D eigenvalue weighted by atomic mass is 79.9. The first-order valence-electron chi connectivity index (χ1n) is 4.89. The van der Waals surface area contributed by atoms with E-state index in [0.29, 0.717) is 0 Å². The first kappa shape index (κ1) is 11.0. The summed E-state index contributed by atoms with van der Waals surface area (Å²) in [5.41, 5.74) is 0. The van der Waals surface area contributed by atoms with Gasteiger partial charge in [0, 0.05) is 27.7 Å². The maximum absolute atomic E-state index is 3.62. The molecule has 1 nitrogen and oxygen atoms in total. The van der Waals surface area contributed by atoms with Gasteiger partial charge in [0.1, 0.15) is 0 Å². The molecule has 2 heterocycles. The molecule has 14 heavy (non-hydrogen) atoms. The smallest absolute Gasteiger partial charge is 0.0327 e. The van der Waals surface area contributed by atoms with Gasteiger partial charge in [-0.25, -0.2) is 0 Å². The Labute approximate surface area is 102 Å². The van der Waals surface area contributed by atoms with Crippen molar-refractivity contribution in [2.24, 2.45) is 0 Å². The minimum absolute atomic E-state index is 0.725. The van der Waals surface area contributed by atoms with Gasteiger partial charge in [0.15, 0.2) is 0 Å². The van der Waals surface area contributed by atoms with E-state index in [1.807, 2.05) is 11.3 Å². The number of thioether (sulfide) groups is 1. The first-order valence-corrected chi connectivity index (χ1v) is 7.72. The third-order valence-corrected chi connectivity index (χ3v) is 5.54. The summed E-state index contributed by atoms with van der Waals surface area (Å²) >= 11 is 7.45. The molecule has 78 valence electrons. The lowest BCUT2D eigenvalue weighted by molar-refractivity contribution is 0.510. The number of hydrogen-bond donors (Lipinski definition) is 1. The molecular formula is C10H14BrNS2. The van der Waals surface area contributed by atoms with Crippen LogP contribution in [0.15, 0.2) is 15.9 Å². The Balaban J connectivity index is 1.79. The van der Waals surface area contributed by atoms with Gasteiger partial charge in [0.2, 0.25) is 0 Å². The molecule has 0 amide bonds. The third kappa shape index (κ3) is 2.99. The molecule has 0 aromatic carbocycles. The van der Waals surface area contributed by atoms with E-state index in [2.05, 4.69) is 44.5 Å². The SMILES string of the molecule is Brc1ccsc1CNC1CCCSC1. The summed E-state index contributed by atoms with van der Waals surface area (Å²) in [5, 5.41) is 5.76. The van der Waals surface area contributed by atoms with Crippen LogP contribution in [0.3, 0.4) is 0 Å². The van der Waals surface area contributed by atoms with Gasteiger partial charge in [-0.15, -0.1) is 11.3 Å². The highest BCUT2D eigenvalue weighted by Crippen LogP contribution is 2.23. The molecule has 4 heteroatoms. The lowest BCUT2D eigenvalue weighted by Gasteiger charge is -2.22. The summed E-state index contributed by atoms with van der Waals surface area (Å²) < 4.78 is 1.25. The molecule has 1 atom stereocenters. The van der Waals surface area contributed by atoms with Crippen molar-refractivity contribution in [1.82, 2.24) is 5.32 Å². The van der Waals surface area contributed by atoms with Crippen LogP contribution in [0.4, 0.5) is 0 Å². The number of hydrogen-bond acceptors (Lipinski definition) is 3. The molecule has 1 fully saturated rings. The average Bonchev–Trinajstić information content (AvgIpc) is 2.63. The molecule has 1 aliphatic rings. The molecule has 0 bridgehead atoms. The molecule has 0 saturated carbocycles. The zero-order valence-corrected chi connectivity index (χ0v) is 11.2. The highest BCUT2D eigenvalue weighted by Gasteiger charge is 2.13. The summed E-state index contributed by atoms with van der Waals surface area (Å²) in [4.78, 5) is 1.42. The molecular weight excluding hydrogens is 278 g/mol. The Hall–Kier alpha value is 0.490. The monoisotopic (exact) mass is 291 g/mol. The van der Waals surface area contributed by atoms with Gasteiger partial charge in [-0.2, -0.15) is 11.8 Å². The molecule has 1 saturated heterocycles. The normalized spacial score (nSPS) is 22.5. The van der Waals surface area contributed by atoms with Crippen LogP contribution in [0.1, 0.15) is 17.7 Å². The van der Waals surface area contributed by atoms with Gasteiger partial charge in [-0.1, -0.05) is 0 Å². The Morgan fingerprint density at radius 2 is 2.50 bits per heavy atom. The Kier molecular flexibility index (Phi) is 4.35. The predicted octanol–water partition coefficient (Wildman–Crippen LogP) is 3.50. The van der Waals surface area contributed by atoms with Gasteiger partial charge in [-0.05, 0) is 46.0 Å². The zero-order valence-electron chi connectivity index (χ0n) is 7.96. The van der Waals surface area contributed by atoms with E-state index in [1.165, 1.54) is 33.7 Å². The minimum atomic E-state index is 0.725. The van der Waals surface area contributed by atoms with Crippen LogP contribution in [0.5, 0.6) is 0 Å². The predicted molar refractivity (Wildman–Crippen MR) is 69.2 cm³/mol. The van der Waals surface area contributed by atoms with E-state index in [0.717, 1.165) is 12.6 Å². The second kappa shape index (κ2) is 5.54. The van der Waals surface area contributed by atoms with Crippen LogP contribution in [0, 0.1) is 0 Å². The van der Waals surface area contributed by atoms with Gasteiger partial charge in [-0.3, -0.25) is 0 Å². The molecule has 0 spiro atoms. The van der Waals surface area contributed by atoms with Gasteiger partial charge in [0.25, 0.3) is 0 Å². The first-order chi connectivity index (χ1) is 6.86. The maximum atomic E-state index is 3.62. The van der Waals surface area contributed by atoms with E-state index in [4.69, 9.17) is 0 Å². The quantitative estimate of drug-likeness (QED) is 0.915. The van der Waals surface area contributed by atoms with Crippen LogP contribution in [0.2, 0.25) is 0 Å². The topological polar surface area (TPSA) is 12.0 Å². The molecule has 1 N–H and O–H groups in total. The summed E-state index contributed by atoms with van der Waals surface area (Å²) in [7, 11) is 0. The molecule has 1 aromatic rings. The highest BCUT2D eigenvalue weighted by molar-refractivity contribution is 9.10. The van der Waals surface area contributed by atoms with E-state index in [-0.39, 0.29) is 0 Å². The van der Waals surface area contributed by atoms with Crippen molar-refractivity contribution in [3.63, 3.8) is 0 Å². The van der Waals surface area contributed by atoms with Crippen molar-refractivity contribution in [2.75, 3.05) is 11.5 Å². The molecule has 0 radical (unpaired) electrons. The zero-order chi connectivity index (χ0) is 9.80. The standard InChI is InChI=1S/C10H14BrNS2/c11-9-3-5-14-10(9)6-12-8-2-1-4-13-7-8/h3,5,8,12H,1-2,4,6-7H2. The van der Waals surface area contributed by atoms with Crippen LogP contribution in [-0.2, 0) is 6.54 Å². The second-order valence-electron chi connectivity index (χ2n) is 3.49. The van der Waals surface area contributed by atoms with Gasteiger partial charge in [0.05, 0.1) is 0 Å². The van der Waals surface area contributed by atoms with Crippen LogP contribution in [-0.4, -0.2) is 17.5 Å². The summed E-state index contributed by atoms with van der Waals surface area (Å²) in [5.74, 6) is 2.63. The van der Waals surface area contributed by atoms with Gasteiger partial charge >= 0.3 is 0 Å². The fraction of sp³-hybridized carbons (Fsp3) is 0.600. The van der Waals surface area contributed by atoms with Crippen molar-refractivity contribution in [3.8, 4) is 0 Å². The Bertz CT molecular complexity index is 281. The van der Waals surface area contributed by atoms with E-state index in [9.17, 15) is 0 Å². The molecule has 1 aliphatic heterocycles. The number of thiophene rings is 1. The molecule has 0 aliphatic carbocycles. The van der Waals surface area contributed by atoms with Crippen LogP contribution in [0.25, 0.3) is 0 Å². The Morgan fingerprint density at radius 1 is 1.57 bits per heavy atom. The van der Waals surface area contributed by atoms with Gasteiger partial charge < -0.3 is 5.32 Å². The van der Waals surface area contributed by atoms with Crippen molar-refractivity contribution < 1.29 is 0 Å². The van der Waals surface area contributed by atoms with E-state index in [1.54, 1.807) is 0 Å². The van der Waals surface area contributed by atoms with Crippen molar-refractivity contribution >= 4 is 39.0 Å². The second-order valence-corrected chi connectivity index (χ2v) is 6.49. The number of halogens is 1. The molecule has 1 aromatic heterocycles. The van der Waals surface area contributed by atoms with Crippen molar-refractivity contribution in [1.29, 1.82) is 0 Å². The minimum Gasteiger partial charge on any atom is -0.308 e. The lowest BCUT2D eigenvalue weighted by atomic mass is 10.2. The van der Waals surface area contributed by atoms with Crippen LogP contribution < -0.4 is 5.32 Å². The largest absolute Gasteiger partial charge is 0.308 e. The van der Waals surface area contributed by atoms with Crippen molar-refractivity contribution in [2.45, 2.75) is 25.4 Å². The molecule has 2 rings (SSSR count). The number of nitrogens with one attached hydrogen (secondary N) is 1. The third-order valence-electron chi connectivity index (χ3n) is 2.40. The lowest BCUT2D eigenvalue weighted by Crippen LogP contribution is -2.33. The van der Waals surface area contributed by atoms with Crippen LogP contribution >= 0.6 is 39.0 Å². The van der Waals surface area contributed by atoms with E-state index < -0.39 is 0 Å². The fourth-order valence-corrected chi connectivity index (χ4v) is 4.14. The maximum Gasteiger partial charge on any atom is 0.0327 e. The van der Waals surface area contributed by atoms with Crippen molar-refractivity contribution in [3.05, 3.63) is 20.8 Å². The summed E-state index contributed by atoms with van der Waals surface area (Å²) in [6.45, 7) is 1.02. The number of rotatable bonds is 3. The summed E-state index contributed by atoms with van der Waals surface area (Å²) in [6, 6.07) is 2.85.